The Morgan fingerprint density at radius 1 is 0.184 bits per heavy atom. The van der Waals surface area contributed by atoms with Gasteiger partial charge in [-0.15, -0.1) is 0 Å². The van der Waals surface area contributed by atoms with Crippen LogP contribution < -0.4 is 0 Å². The van der Waals surface area contributed by atoms with Crippen LogP contribution in [0.4, 0.5) is 0 Å². The molecule has 2 aromatic heterocycles. The summed E-state index contributed by atoms with van der Waals surface area (Å²) in [6.45, 7) is 0. The third kappa shape index (κ3) is 8.25. The Morgan fingerprint density at radius 2 is 0.529 bits per heavy atom. The van der Waals surface area contributed by atoms with Gasteiger partial charge in [0.2, 0.25) is 0 Å². The molecule has 17 rings (SSSR count). The first-order valence-electron chi connectivity index (χ1n) is 30.1. The molecule has 0 radical (unpaired) electrons. The molecule has 0 atom stereocenters. The number of benzene rings is 14. The van der Waals surface area contributed by atoms with Crippen molar-refractivity contribution < 1.29 is 0 Å². The van der Waals surface area contributed by atoms with Gasteiger partial charge in [-0.25, -0.2) is 0 Å². The molecule has 2 heterocycles. The predicted molar refractivity (Wildman–Crippen MR) is 365 cm³/mol. The molecule has 406 valence electrons. The summed E-state index contributed by atoms with van der Waals surface area (Å²) in [4.78, 5) is 0. The molecular weight excluding hydrogens is 1050 g/mol. The van der Waals surface area contributed by atoms with Crippen molar-refractivity contribution >= 4 is 43.6 Å². The summed E-state index contributed by atoms with van der Waals surface area (Å²) >= 11 is 0. The minimum atomic E-state index is -0.443. The van der Waals surface area contributed by atoms with Crippen LogP contribution in [-0.4, -0.2) is 9.13 Å². The lowest BCUT2D eigenvalue weighted by Crippen LogP contribution is -2.28. The number of hydrogen-bond donors (Lipinski definition) is 0. The van der Waals surface area contributed by atoms with Crippen LogP contribution >= 0.6 is 0 Å². The minimum Gasteiger partial charge on any atom is -0.309 e. The summed E-state index contributed by atoms with van der Waals surface area (Å²) in [5.41, 5.74) is 28.7. The van der Waals surface area contributed by atoms with Gasteiger partial charge in [0.1, 0.15) is 0 Å². The normalized spacial score (nSPS) is 12.5. The summed E-state index contributed by atoms with van der Waals surface area (Å²) in [6.07, 6.45) is 0. The lowest BCUT2D eigenvalue weighted by molar-refractivity contribution is 0.769. The van der Waals surface area contributed by atoms with Crippen molar-refractivity contribution in [2.45, 2.75) is 5.41 Å². The molecule has 2 heteroatoms. The molecule has 2 nitrogen and oxygen atoms in total. The molecule has 0 aliphatic heterocycles. The van der Waals surface area contributed by atoms with E-state index in [1.54, 1.807) is 0 Å². The van der Waals surface area contributed by atoms with E-state index in [0.29, 0.717) is 0 Å². The molecule has 0 amide bonds. The highest BCUT2D eigenvalue weighted by atomic mass is 15.0. The van der Waals surface area contributed by atoms with Crippen molar-refractivity contribution in [1.29, 1.82) is 0 Å². The SMILES string of the molecule is c1ccc(-c2cccc(-n3c4ccccc4c4cc(-c5ccc6c(c5)c5ccccc5n6-c5ccc(-c6cccc(-c7ccc(-c8cccc(-c9cccc(C%10(c%11ccccc%11)c%11ccccc%11-c%11ccccc%11%10)c9)c8)cc7)c6)cc5)ccc43)c2)cc1. The van der Waals surface area contributed by atoms with Gasteiger partial charge < -0.3 is 9.13 Å². The second-order valence-corrected chi connectivity index (χ2v) is 23.2. The predicted octanol–water partition coefficient (Wildman–Crippen LogP) is 22.2. The van der Waals surface area contributed by atoms with Gasteiger partial charge in [-0.3, -0.25) is 0 Å². The molecular formula is C85H56N2. The van der Waals surface area contributed by atoms with Crippen LogP contribution in [0.15, 0.2) is 340 Å². The maximum absolute atomic E-state index is 2.42. The topological polar surface area (TPSA) is 9.86 Å². The van der Waals surface area contributed by atoms with Gasteiger partial charge in [-0.1, -0.05) is 261 Å². The zero-order valence-corrected chi connectivity index (χ0v) is 47.7. The van der Waals surface area contributed by atoms with E-state index in [1.807, 2.05) is 0 Å². The zero-order valence-electron chi connectivity index (χ0n) is 47.7. The lowest BCUT2D eigenvalue weighted by atomic mass is 9.67. The van der Waals surface area contributed by atoms with Crippen molar-refractivity contribution in [2.24, 2.45) is 0 Å². The number of hydrogen-bond acceptors (Lipinski definition) is 0. The van der Waals surface area contributed by atoms with Gasteiger partial charge in [0, 0.05) is 32.9 Å². The fraction of sp³-hybridized carbons (Fsp3) is 0.0118. The van der Waals surface area contributed by atoms with E-state index >= 15 is 0 Å². The van der Waals surface area contributed by atoms with Crippen molar-refractivity contribution in [3.63, 3.8) is 0 Å². The highest BCUT2D eigenvalue weighted by molar-refractivity contribution is 6.13. The van der Waals surface area contributed by atoms with E-state index < -0.39 is 5.41 Å². The van der Waals surface area contributed by atoms with Crippen molar-refractivity contribution in [2.75, 3.05) is 0 Å². The van der Waals surface area contributed by atoms with E-state index in [-0.39, 0.29) is 0 Å². The van der Waals surface area contributed by atoms with Crippen molar-refractivity contribution in [3.8, 4) is 89.3 Å². The van der Waals surface area contributed by atoms with Crippen LogP contribution in [0.1, 0.15) is 22.3 Å². The van der Waals surface area contributed by atoms with Crippen LogP contribution in [-0.2, 0) is 5.41 Å². The second kappa shape index (κ2) is 20.5. The van der Waals surface area contributed by atoms with Gasteiger partial charge in [-0.2, -0.15) is 0 Å². The van der Waals surface area contributed by atoms with Crippen molar-refractivity contribution in [3.05, 3.63) is 362 Å². The maximum Gasteiger partial charge on any atom is 0.0713 e. The van der Waals surface area contributed by atoms with E-state index in [9.17, 15) is 0 Å². The lowest BCUT2D eigenvalue weighted by Gasteiger charge is -2.34. The maximum atomic E-state index is 2.42. The van der Waals surface area contributed by atoms with Crippen LogP contribution in [0, 0.1) is 0 Å². The average Bonchev–Trinajstić information content (AvgIpc) is 1.86. The van der Waals surface area contributed by atoms with Crippen LogP contribution in [0.2, 0.25) is 0 Å². The molecule has 0 unspecified atom stereocenters. The molecule has 14 aromatic carbocycles. The zero-order chi connectivity index (χ0) is 57.4. The smallest absolute Gasteiger partial charge is 0.0713 e. The fourth-order valence-electron chi connectivity index (χ4n) is 14.4. The monoisotopic (exact) mass is 1100 g/mol. The molecule has 87 heavy (non-hydrogen) atoms. The Morgan fingerprint density at radius 3 is 1.08 bits per heavy atom. The molecule has 1 aliphatic carbocycles. The highest BCUT2D eigenvalue weighted by Crippen LogP contribution is 2.56. The quantitative estimate of drug-likeness (QED) is 0.129. The average molecular weight is 1110 g/mol. The summed E-state index contributed by atoms with van der Waals surface area (Å²) in [7, 11) is 0. The summed E-state index contributed by atoms with van der Waals surface area (Å²) < 4.78 is 4.83. The Hall–Kier alpha value is -11.3. The van der Waals surface area contributed by atoms with Gasteiger partial charge in [0.05, 0.1) is 27.5 Å². The van der Waals surface area contributed by atoms with Crippen LogP contribution in [0.5, 0.6) is 0 Å². The second-order valence-electron chi connectivity index (χ2n) is 23.2. The molecule has 0 saturated heterocycles. The third-order valence-electron chi connectivity index (χ3n) is 18.4. The van der Waals surface area contributed by atoms with Gasteiger partial charge in [-0.05, 0) is 179 Å². The summed E-state index contributed by atoms with van der Waals surface area (Å²) in [6, 6.07) is 125. The van der Waals surface area contributed by atoms with Crippen LogP contribution in [0.3, 0.4) is 0 Å². The number of fused-ring (bicyclic) bond motifs is 9. The first-order valence-corrected chi connectivity index (χ1v) is 30.1. The van der Waals surface area contributed by atoms with E-state index in [4.69, 9.17) is 0 Å². The largest absolute Gasteiger partial charge is 0.309 e. The molecule has 1 aliphatic rings. The molecule has 0 spiro atoms. The molecule has 0 N–H and O–H groups in total. The Kier molecular flexibility index (Phi) is 11.8. The number of para-hydroxylation sites is 2. The fourth-order valence-corrected chi connectivity index (χ4v) is 14.4. The molecule has 0 saturated carbocycles. The van der Waals surface area contributed by atoms with E-state index in [1.165, 1.54) is 144 Å². The van der Waals surface area contributed by atoms with Crippen LogP contribution in [0.25, 0.3) is 133 Å². The van der Waals surface area contributed by atoms with Gasteiger partial charge >= 0.3 is 0 Å². The first-order chi connectivity index (χ1) is 43.1. The third-order valence-corrected chi connectivity index (χ3v) is 18.4. The van der Waals surface area contributed by atoms with Gasteiger partial charge in [0.25, 0.3) is 0 Å². The number of rotatable bonds is 10. The molecule has 0 fully saturated rings. The minimum absolute atomic E-state index is 0.443. The summed E-state index contributed by atoms with van der Waals surface area (Å²) in [5, 5.41) is 4.96. The molecule has 16 aromatic rings. The number of aromatic nitrogens is 2. The first kappa shape index (κ1) is 50.2. The Balaban J connectivity index is 0.648. The van der Waals surface area contributed by atoms with E-state index in [0.717, 1.165) is 11.4 Å². The Bertz CT molecular complexity index is 5270. The summed E-state index contributed by atoms with van der Waals surface area (Å²) in [5.74, 6) is 0. The van der Waals surface area contributed by atoms with E-state index in [2.05, 4.69) is 349 Å². The standard InChI is InChI=1S/C85H56N2/c1-3-19-57(20-4-1)66-26-18-30-72(54-66)87-82-38-14-10-34-76(82)78-56-68(46-50-84(78)87)67-45-49-83-77(55-67)75-33-9-13-37-81(75)86(83)71-47-43-60(44-48-71)62-22-15-21-61(51-62)58-39-41-59(42-40-58)63-23-16-24-64(52-63)65-25-17-29-70(53-65)85(69-27-5-2-6-28-69)79-35-11-7-31-73(79)74-32-8-12-36-80(74)85/h1-56H. The number of nitrogens with zero attached hydrogens (tertiary/aromatic N) is 2. The van der Waals surface area contributed by atoms with Crippen molar-refractivity contribution in [1.82, 2.24) is 9.13 Å². The van der Waals surface area contributed by atoms with Gasteiger partial charge in [0.15, 0.2) is 0 Å². The Labute approximate surface area is 506 Å². The highest BCUT2D eigenvalue weighted by Gasteiger charge is 2.46. The molecule has 0 bridgehead atoms.